The van der Waals surface area contributed by atoms with Crippen LogP contribution in [0.1, 0.15) is 27.3 Å². The summed E-state index contributed by atoms with van der Waals surface area (Å²) in [4.78, 5) is 12.3. The number of aromatic amines is 1. The molecule has 0 aliphatic carbocycles. The van der Waals surface area contributed by atoms with Gasteiger partial charge in [-0.15, -0.1) is 0 Å². The molecular weight excluding hydrogens is 305 g/mol. The number of carbonyl (C=O) groups is 1. The lowest BCUT2D eigenvalue weighted by Gasteiger charge is -2.08. The van der Waals surface area contributed by atoms with Gasteiger partial charge in [0.05, 0.1) is 22.6 Å². The number of nitrogens with one attached hydrogen (secondary N) is 2. The summed E-state index contributed by atoms with van der Waals surface area (Å²) in [6.07, 6.45) is 0. The van der Waals surface area contributed by atoms with Crippen LogP contribution < -0.4 is 5.32 Å². The zero-order chi connectivity index (χ0) is 17.3. The van der Waals surface area contributed by atoms with Crippen molar-refractivity contribution in [2.75, 3.05) is 5.32 Å². The van der Waals surface area contributed by atoms with Gasteiger partial charge in [0.1, 0.15) is 5.82 Å². The van der Waals surface area contributed by atoms with E-state index in [1.165, 1.54) is 12.1 Å². The van der Waals surface area contributed by atoms with Crippen LogP contribution in [0, 0.1) is 26.6 Å². The van der Waals surface area contributed by atoms with Gasteiger partial charge in [-0.25, -0.2) is 4.39 Å². The molecule has 2 aromatic carbocycles. The van der Waals surface area contributed by atoms with Crippen LogP contribution in [-0.4, -0.2) is 16.1 Å². The predicted octanol–water partition coefficient (Wildman–Crippen LogP) is 4.39. The highest BCUT2D eigenvalue weighted by Gasteiger charge is 2.16. The van der Waals surface area contributed by atoms with Crippen molar-refractivity contribution in [3.63, 3.8) is 0 Å². The fourth-order valence-corrected chi connectivity index (χ4v) is 2.54. The van der Waals surface area contributed by atoms with Crippen LogP contribution in [0.25, 0.3) is 11.1 Å². The first-order chi connectivity index (χ1) is 11.5. The number of amides is 1. The maximum Gasteiger partial charge on any atom is 0.258 e. The van der Waals surface area contributed by atoms with Gasteiger partial charge in [0, 0.05) is 0 Å². The lowest BCUT2D eigenvalue weighted by atomic mass is 10.0. The van der Waals surface area contributed by atoms with Crippen molar-refractivity contribution in [1.82, 2.24) is 10.2 Å². The first-order valence-corrected chi connectivity index (χ1v) is 7.65. The van der Waals surface area contributed by atoms with Crippen molar-refractivity contribution in [2.24, 2.45) is 0 Å². The molecule has 0 atom stereocenters. The molecule has 0 saturated heterocycles. The zero-order valence-corrected chi connectivity index (χ0v) is 13.8. The van der Waals surface area contributed by atoms with Gasteiger partial charge in [0.15, 0.2) is 0 Å². The number of nitrogens with zero attached hydrogens (tertiary/aromatic N) is 1. The number of H-pyrrole nitrogens is 1. The van der Waals surface area contributed by atoms with Gasteiger partial charge in [-0.3, -0.25) is 9.89 Å². The van der Waals surface area contributed by atoms with E-state index in [9.17, 15) is 9.18 Å². The number of aromatic nitrogens is 2. The number of benzene rings is 2. The molecule has 5 heteroatoms. The zero-order valence-electron chi connectivity index (χ0n) is 13.8. The molecule has 0 aliphatic rings. The normalized spacial score (nSPS) is 10.7. The highest BCUT2D eigenvalue weighted by Crippen LogP contribution is 2.24. The number of anilines is 1. The monoisotopic (exact) mass is 323 g/mol. The van der Waals surface area contributed by atoms with Crippen LogP contribution in [0.2, 0.25) is 0 Å². The van der Waals surface area contributed by atoms with E-state index < -0.39 is 11.7 Å². The molecule has 0 saturated carbocycles. The number of hydrogen-bond donors (Lipinski definition) is 2. The molecule has 0 radical (unpaired) electrons. The third kappa shape index (κ3) is 3.06. The molecular formula is C19H18FN3O. The van der Waals surface area contributed by atoms with E-state index in [0.717, 1.165) is 22.4 Å². The van der Waals surface area contributed by atoms with Crippen LogP contribution >= 0.6 is 0 Å². The molecule has 122 valence electrons. The Labute approximate surface area is 139 Å². The highest BCUT2D eigenvalue weighted by molar-refractivity contribution is 6.05. The lowest BCUT2D eigenvalue weighted by molar-refractivity contribution is 0.102. The van der Waals surface area contributed by atoms with Gasteiger partial charge in [0.25, 0.3) is 5.91 Å². The van der Waals surface area contributed by atoms with E-state index in [-0.39, 0.29) is 5.56 Å². The molecule has 0 fully saturated rings. The average Bonchev–Trinajstić information content (AvgIpc) is 2.87. The highest BCUT2D eigenvalue weighted by atomic mass is 19.1. The standard InChI is InChI=1S/C19H18FN3O/c1-11-4-6-14(7-5-11)15-8-9-16(17(20)10-15)19(24)21-18-12(2)22-23-13(18)3/h4-10H,1-3H3,(H,21,24)(H,22,23). The van der Waals surface area contributed by atoms with Gasteiger partial charge in [-0.1, -0.05) is 35.9 Å². The third-order valence-electron chi connectivity index (χ3n) is 3.97. The predicted molar refractivity (Wildman–Crippen MR) is 92.6 cm³/mol. The molecule has 1 heterocycles. The summed E-state index contributed by atoms with van der Waals surface area (Å²) in [5.74, 6) is -1.04. The molecule has 0 spiro atoms. The van der Waals surface area contributed by atoms with E-state index in [2.05, 4.69) is 15.5 Å². The average molecular weight is 323 g/mol. The maximum atomic E-state index is 14.4. The Balaban J connectivity index is 1.87. The number of halogens is 1. The lowest BCUT2D eigenvalue weighted by Crippen LogP contribution is -2.14. The molecule has 24 heavy (non-hydrogen) atoms. The van der Waals surface area contributed by atoms with Crippen molar-refractivity contribution in [3.8, 4) is 11.1 Å². The molecule has 3 rings (SSSR count). The summed E-state index contributed by atoms with van der Waals surface area (Å²) >= 11 is 0. The Bertz CT molecular complexity index is 878. The maximum absolute atomic E-state index is 14.4. The minimum Gasteiger partial charge on any atom is -0.319 e. The van der Waals surface area contributed by atoms with E-state index in [1.807, 2.05) is 31.2 Å². The first-order valence-electron chi connectivity index (χ1n) is 7.65. The minimum atomic E-state index is -0.552. The fourth-order valence-electron chi connectivity index (χ4n) is 2.54. The summed E-state index contributed by atoms with van der Waals surface area (Å²) in [5, 5.41) is 9.51. The van der Waals surface area contributed by atoms with Gasteiger partial charge < -0.3 is 5.32 Å². The molecule has 2 N–H and O–H groups in total. The summed E-state index contributed by atoms with van der Waals surface area (Å²) < 4.78 is 14.4. The van der Waals surface area contributed by atoms with Crippen LogP contribution in [0.15, 0.2) is 42.5 Å². The number of rotatable bonds is 3. The first kappa shape index (κ1) is 15.9. The van der Waals surface area contributed by atoms with E-state index in [4.69, 9.17) is 0 Å². The third-order valence-corrected chi connectivity index (χ3v) is 3.97. The summed E-state index contributed by atoms with van der Waals surface area (Å²) in [6, 6.07) is 12.4. The molecule has 0 unspecified atom stereocenters. The Morgan fingerprint density at radius 3 is 2.29 bits per heavy atom. The van der Waals surface area contributed by atoms with Crippen LogP contribution in [-0.2, 0) is 0 Å². The quantitative estimate of drug-likeness (QED) is 0.751. The number of aryl methyl sites for hydroxylation is 3. The summed E-state index contributed by atoms with van der Waals surface area (Å²) in [7, 11) is 0. The van der Waals surface area contributed by atoms with E-state index >= 15 is 0 Å². The topological polar surface area (TPSA) is 57.8 Å². The van der Waals surface area contributed by atoms with Crippen molar-refractivity contribution >= 4 is 11.6 Å². The van der Waals surface area contributed by atoms with Gasteiger partial charge >= 0.3 is 0 Å². The van der Waals surface area contributed by atoms with Crippen LogP contribution in [0.5, 0.6) is 0 Å². The van der Waals surface area contributed by atoms with E-state index in [0.29, 0.717) is 11.4 Å². The number of hydrogen-bond acceptors (Lipinski definition) is 2. The Kier molecular flexibility index (Phi) is 4.16. The molecule has 0 bridgehead atoms. The second-order valence-electron chi connectivity index (χ2n) is 5.82. The molecule has 1 amide bonds. The van der Waals surface area contributed by atoms with Crippen molar-refractivity contribution in [2.45, 2.75) is 20.8 Å². The van der Waals surface area contributed by atoms with Crippen molar-refractivity contribution in [1.29, 1.82) is 0 Å². The summed E-state index contributed by atoms with van der Waals surface area (Å²) in [5.41, 5.74) is 4.77. The SMILES string of the molecule is Cc1ccc(-c2ccc(C(=O)Nc3c(C)n[nH]c3C)c(F)c2)cc1. The van der Waals surface area contributed by atoms with Gasteiger partial charge in [-0.2, -0.15) is 5.10 Å². The van der Waals surface area contributed by atoms with Crippen LogP contribution in [0.3, 0.4) is 0 Å². The Morgan fingerprint density at radius 2 is 1.71 bits per heavy atom. The Hall–Kier alpha value is -2.95. The minimum absolute atomic E-state index is 0.00543. The second kappa shape index (κ2) is 6.28. The van der Waals surface area contributed by atoms with Gasteiger partial charge in [-0.05, 0) is 44.0 Å². The molecule has 0 aliphatic heterocycles. The summed E-state index contributed by atoms with van der Waals surface area (Å²) in [6.45, 7) is 5.57. The van der Waals surface area contributed by atoms with Gasteiger partial charge in [0.2, 0.25) is 0 Å². The smallest absolute Gasteiger partial charge is 0.258 e. The largest absolute Gasteiger partial charge is 0.319 e. The van der Waals surface area contributed by atoms with Crippen molar-refractivity contribution in [3.05, 3.63) is 70.8 Å². The van der Waals surface area contributed by atoms with Crippen molar-refractivity contribution < 1.29 is 9.18 Å². The second-order valence-corrected chi connectivity index (χ2v) is 5.82. The van der Waals surface area contributed by atoms with Crippen LogP contribution in [0.4, 0.5) is 10.1 Å². The Morgan fingerprint density at radius 1 is 1.04 bits per heavy atom. The fraction of sp³-hybridized carbons (Fsp3) is 0.158. The number of carbonyl (C=O) groups excluding carboxylic acids is 1. The molecule has 3 aromatic rings. The molecule has 4 nitrogen and oxygen atoms in total. The molecule has 1 aromatic heterocycles. The van der Waals surface area contributed by atoms with E-state index in [1.54, 1.807) is 19.9 Å².